The zero-order chi connectivity index (χ0) is 21.6. The van der Waals surface area contributed by atoms with Crippen molar-refractivity contribution in [2.75, 3.05) is 50.7 Å². The minimum Gasteiger partial charge on any atom is -0.369 e. The third-order valence-electron chi connectivity index (χ3n) is 6.02. The van der Waals surface area contributed by atoms with Gasteiger partial charge in [-0.05, 0) is 54.8 Å². The molecule has 0 spiro atoms. The largest absolute Gasteiger partial charge is 0.369 e. The smallest absolute Gasteiger partial charge is 0.253 e. The van der Waals surface area contributed by atoms with Crippen molar-refractivity contribution < 1.29 is 14.0 Å². The van der Waals surface area contributed by atoms with Crippen LogP contribution in [0.5, 0.6) is 0 Å². The molecule has 7 heteroatoms. The number of carbonyl (C=O) groups excluding carboxylic acids is 2. The van der Waals surface area contributed by atoms with Gasteiger partial charge in [0, 0.05) is 57.1 Å². The predicted octanol–water partition coefficient (Wildman–Crippen LogP) is 2.50. The summed E-state index contributed by atoms with van der Waals surface area (Å²) in [4.78, 5) is 31.0. The van der Waals surface area contributed by atoms with Crippen molar-refractivity contribution in [2.45, 2.75) is 19.4 Å². The van der Waals surface area contributed by atoms with Gasteiger partial charge in [-0.1, -0.05) is 12.1 Å². The molecule has 164 valence electrons. The molecule has 2 amide bonds. The quantitative estimate of drug-likeness (QED) is 0.774. The lowest BCUT2D eigenvalue weighted by molar-refractivity contribution is -0.122. The van der Waals surface area contributed by atoms with E-state index in [9.17, 15) is 14.0 Å². The Morgan fingerprint density at radius 2 is 1.48 bits per heavy atom. The maximum atomic E-state index is 13.1. The third-order valence-corrected chi connectivity index (χ3v) is 6.02. The summed E-state index contributed by atoms with van der Waals surface area (Å²) in [6.45, 7) is 5.70. The van der Waals surface area contributed by atoms with Gasteiger partial charge in [0.15, 0.2) is 0 Å². The van der Waals surface area contributed by atoms with Crippen LogP contribution in [0.2, 0.25) is 0 Å². The molecule has 6 nitrogen and oxygen atoms in total. The van der Waals surface area contributed by atoms with Gasteiger partial charge in [-0.25, -0.2) is 4.39 Å². The molecule has 2 aromatic rings. The highest BCUT2D eigenvalue weighted by molar-refractivity contribution is 5.94. The Kier molecular flexibility index (Phi) is 6.82. The number of carbonyl (C=O) groups is 2. The van der Waals surface area contributed by atoms with Gasteiger partial charge in [0.1, 0.15) is 5.82 Å². The summed E-state index contributed by atoms with van der Waals surface area (Å²) in [6.07, 6.45) is 2.16. The predicted molar refractivity (Wildman–Crippen MR) is 118 cm³/mol. The summed E-state index contributed by atoms with van der Waals surface area (Å²) in [5.74, 6) is -0.146. The van der Waals surface area contributed by atoms with E-state index < -0.39 is 0 Å². The van der Waals surface area contributed by atoms with Crippen LogP contribution in [-0.2, 0) is 11.3 Å². The molecule has 0 saturated carbocycles. The number of hydrogen-bond donors (Lipinski definition) is 1. The second-order valence-electron chi connectivity index (χ2n) is 8.21. The number of piperazine rings is 1. The summed E-state index contributed by atoms with van der Waals surface area (Å²) in [5, 5.41) is 2.97. The van der Waals surface area contributed by atoms with E-state index in [-0.39, 0.29) is 17.6 Å². The van der Waals surface area contributed by atoms with Crippen LogP contribution in [0.25, 0.3) is 0 Å². The van der Waals surface area contributed by atoms with Gasteiger partial charge in [0.25, 0.3) is 5.91 Å². The van der Waals surface area contributed by atoms with Crippen molar-refractivity contribution in [1.29, 1.82) is 0 Å². The molecule has 0 bridgehead atoms. The molecule has 2 fully saturated rings. The highest BCUT2D eigenvalue weighted by Gasteiger charge is 2.20. The fourth-order valence-corrected chi connectivity index (χ4v) is 4.14. The van der Waals surface area contributed by atoms with Crippen LogP contribution in [-0.4, -0.2) is 67.4 Å². The van der Waals surface area contributed by atoms with Crippen LogP contribution in [0.3, 0.4) is 0 Å². The van der Waals surface area contributed by atoms with Gasteiger partial charge in [0.2, 0.25) is 5.91 Å². The lowest BCUT2D eigenvalue weighted by Gasteiger charge is -2.35. The highest BCUT2D eigenvalue weighted by Crippen LogP contribution is 2.17. The van der Waals surface area contributed by atoms with E-state index in [2.05, 4.69) is 15.1 Å². The van der Waals surface area contributed by atoms with Crippen molar-refractivity contribution in [1.82, 2.24) is 15.1 Å². The molecule has 4 rings (SSSR count). The zero-order valence-electron chi connectivity index (χ0n) is 17.7. The highest BCUT2D eigenvalue weighted by atomic mass is 19.1. The van der Waals surface area contributed by atoms with Crippen LogP contribution in [0, 0.1) is 5.82 Å². The maximum absolute atomic E-state index is 13.1. The first-order valence-electron chi connectivity index (χ1n) is 11.0. The Hall–Kier alpha value is -2.93. The van der Waals surface area contributed by atoms with E-state index in [0.29, 0.717) is 18.7 Å². The molecule has 0 aliphatic carbocycles. The van der Waals surface area contributed by atoms with Crippen LogP contribution in [0.15, 0.2) is 48.5 Å². The molecule has 0 radical (unpaired) electrons. The fourth-order valence-electron chi connectivity index (χ4n) is 4.14. The third kappa shape index (κ3) is 5.61. The van der Waals surface area contributed by atoms with Crippen molar-refractivity contribution in [3.8, 4) is 0 Å². The molecule has 2 aliphatic rings. The molecule has 0 aromatic heterocycles. The van der Waals surface area contributed by atoms with Crippen molar-refractivity contribution >= 4 is 17.5 Å². The van der Waals surface area contributed by atoms with Gasteiger partial charge in [-0.15, -0.1) is 0 Å². The lowest BCUT2D eigenvalue weighted by atomic mass is 10.1. The summed E-state index contributed by atoms with van der Waals surface area (Å²) >= 11 is 0. The second-order valence-corrected chi connectivity index (χ2v) is 8.21. The number of benzene rings is 2. The first-order valence-corrected chi connectivity index (χ1v) is 11.0. The van der Waals surface area contributed by atoms with Crippen molar-refractivity contribution in [3.05, 3.63) is 65.5 Å². The Morgan fingerprint density at radius 1 is 0.839 bits per heavy atom. The second kappa shape index (κ2) is 9.92. The average Bonchev–Trinajstić information content (AvgIpc) is 3.34. The average molecular weight is 425 g/mol. The molecule has 0 atom stereocenters. The topological polar surface area (TPSA) is 55.9 Å². The summed E-state index contributed by atoms with van der Waals surface area (Å²) in [6, 6.07) is 14.0. The number of halogens is 1. The van der Waals surface area contributed by atoms with Crippen LogP contribution in [0.4, 0.5) is 10.1 Å². The Balaban J connectivity index is 1.19. The summed E-state index contributed by atoms with van der Waals surface area (Å²) < 4.78 is 13.1. The lowest BCUT2D eigenvalue weighted by Crippen LogP contribution is -2.49. The molecule has 2 heterocycles. The summed E-state index contributed by atoms with van der Waals surface area (Å²) in [5.41, 5.74) is 2.70. The number of hydrogen-bond acceptors (Lipinski definition) is 4. The Labute approximate surface area is 182 Å². The van der Waals surface area contributed by atoms with Gasteiger partial charge in [-0.2, -0.15) is 0 Å². The van der Waals surface area contributed by atoms with Gasteiger partial charge >= 0.3 is 0 Å². The zero-order valence-corrected chi connectivity index (χ0v) is 17.7. The number of anilines is 1. The molecule has 2 saturated heterocycles. The minimum atomic E-state index is -0.230. The van der Waals surface area contributed by atoms with E-state index in [1.165, 1.54) is 12.1 Å². The normalized spacial score (nSPS) is 17.1. The maximum Gasteiger partial charge on any atom is 0.253 e. The van der Waals surface area contributed by atoms with Crippen LogP contribution >= 0.6 is 0 Å². The molecular weight excluding hydrogens is 395 g/mol. The number of rotatable bonds is 6. The van der Waals surface area contributed by atoms with E-state index in [0.717, 1.165) is 63.4 Å². The number of nitrogens with zero attached hydrogens (tertiary/aromatic N) is 3. The first kappa shape index (κ1) is 21.3. The standard InChI is InChI=1S/C24H29FN4O2/c25-21-7-9-22(10-8-21)28-15-13-27(14-16-28)18-23(30)26-17-19-3-5-20(6-4-19)24(31)29-11-1-2-12-29/h3-10H,1-2,11-18H2,(H,26,30). The molecular formula is C24H29FN4O2. The van der Waals surface area contributed by atoms with E-state index in [4.69, 9.17) is 0 Å². The molecule has 2 aliphatic heterocycles. The van der Waals surface area contributed by atoms with Gasteiger partial charge < -0.3 is 15.1 Å². The molecule has 1 N–H and O–H groups in total. The van der Waals surface area contributed by atoms with E-state index in [1.54, 1.807) is 12.1 Å². The van der Waals surface area contributed by atoms with E-state index >= 15 is 0 Å². The SMILES string of the molecule is O=C(CN1CCN(c2ccc(F)cc2)CC1)NCc1ccc(C(=O)N2CCCC2)cc1. The number of amides is 2. The minimum absolute atomic E-state index is 0.00699. The Morgan fingerprint density at radius 3 is 2.13 bits per heavy atom. The number of likely N-dealkylation sites (tertiary alicyclic amines) is 1. The first-order chi connectivity index (χ1) is 15.1. The fraction of sp³-hybridized carbons (Fsp3) is 0.417. The van der Waals surface area contributed by atoms with Gasteiger partial charge in [-0.3, -0.25) is 14.5 Å². The molecule has 0 unspecified atom stereocenters. The van der Waals surface area contributed by atoms with Crippen LogP contribution < -0.4 is 10.2 Å². The number of nitrogens with one attached hydrogen (secondary N) is 1. The van der Waals surface area contributed by atoms with Crippen LogP contribution in [0.1, 0.15) is 28.8 Å². The monoisotopic (exact) mass is 424 g/mol. The van der Waals surface area contributed by atoms with Gasteiger partial charge in [0.05, 0.1) is 6.54 Å². The molecule has 31 heavy (non-hydrogen) atoms. The van der Waals surface area contributed by atoms with Crippen molar-refractivity contribution in [2.24, 2.45) is 0 Å². The Bertz CT molecular complexity index is 887. The summed E-state index contributed by atoms with van der Waals surface area (Å²) in [7, 11) is 0. The molecule has 2 aromatic carbocycles. The van der Waals surface area contributed by atoms with E-state index in [1.807, 2.05) is 29.2 Å². The van der Waals surface area contributed by atoms with Crippen molar-refractivity contribution in [3.63, 3.8) is 0 Å².